The highest BCUT2D eigenvalue weighted by Gasteiger charge is 2.35. The van der Waals surface area contributed by atoms with Gasteiger partial charge in [-0.25, -0.2) is 4.98 Å². The summed E-state index contributed by atoms with van der Waals surface area (Å²) >= 11 is 3.00. The number of nitrogens with one attached hydrogen (secondary N) is 3. The molecule has 0 radical (unpaired) electrons. The third kappa shape index (κ3) is 5.32. The van der Waals surface area contributed by atoms with Crippen LogP contribution in [0.5, 0.6) is 0 Å². The highest BCUT2D eigenvalue weighted by atomic mass is 32.1. The quantitative estimate of drug-likeness (QED) is 0.307. The van der Waals surface area contributed by atoms with Crippen LogP contribution in [0.15, 0.2) is 54.7 Å². The van der Waals surface area contributed by atoms with Crippen LogP contribution < -0.4 is 16.0 Å². The van der Waals surface area contributed by atoms with Crippen LogP contribution >= 0.6 is 22.7 Å². The number of benzene rings is 2. The van der Waals surface area contributed by atoms with Crippen molar-refractivity contribution in [2.24, 2.45) is 0 Å². The summed E-state index contributed by atoms with van der Waals surface area (Å²) < 4.78 is 0. The van der Waals surface area contributed by atoms with Crippen molar-refractivity contribution in [2.75, 3.05) is 25.0 Å². The van der Waals surface area contributed by atoms with Gasteiger partial charge >= 0.3 is 0 Å². The topological polar surface area (TPSA) is 103 Å². The van der Waals surface area contributed by atoms with E-state index in [1.807, 2.05) is 23.2 Å². The summed E-state index contributed by atoms with van der Waals surface area (Å²) in [6.45, 7) is 4.15. The molecule has 0 bridgehead atoms. The lowest BCUT2D eigenvalue weighted by molar-refractivity contribution is -0.119. The molecule has 6 rings (SSSR count). The molecule has 0 unspecified atom stereocenters. The van der Waals surface area contributed by atoms with Crippen LogP contribution in [0.25, 0.3) is 21.2 Å². The van der Waals surface area contributed by atoms with E-state index in [2.05, 4.69) is 40.2 Å². The molecular formula is C29H29N5O3S2. The Hall–Kier alpha value is -3.60. The molecule has 2 saturated heterocycles. The summed E-state index contributed by atoms with van der Waals surface area (Å²) in [7, 11) is 0. The summed E-state index contributed by atoms with van der Waals surface area (Å²) in [6.07, 6.45) is 3.77. The fourth-order valence-electron chi connectivity index (χ4n) is 5.14. The molecule has 3 amide bonds. The van der Waals surface area contributed by atoms with E-state index in [0.717, 1.165) is 51.2 Å². The van der Waals surface area contributed by atoms with Gasteiger partial charge in [0.15, 0.2) is 0 Å². The van der Waals surface area contributed by atoms with E-state index in [9.17, 15) is 14.4 Å². The largest absolute Gasteiger partial charge is 0.352 e. The molecule has 2 aromatic heterocycles. The normalized spacial score (nSPS) is 17.3. The lowest BCUT2D eigenvalue weighted by Crippen LogP contribution is -2.48. The lowest BCUT2D eigenvalue weighted by atomic mass is 9.99. The number of fused-ring (bicyclic) bond motifs is 1. The number of hydrogen-bond acceptors (Lipinski definition) is 7. The molecule has 2 aromatic carbocycles. The molecular weight excluding hydrogens is 530 g/mol. The van der Waals surface area contributed by atoms with Gasteiger partial charge in [-0.2, -0.15) is 0 Å². The molecule has 0 aliphatic carbocycles. The number of thiophene rings is 1. The van der Waals surface area contributed by atoms with E-state index in [0.29, 0.717) is 29.5 Å². The lowest BCUT2D eigenvalue weighted by Gasteiger charge is -2.37. The van der Waals surface area contributed by atoms with Gasteiger partial charge in [0, 0.05) is 44.2 Å². The first-order valence-electron chi connectivity index (χ1n) is 13.1. The van der Waals surface area contributed by atoms with Crippen molar-refractivity contribution in [1.29, 1.82) is 0 Å². The summed E-state index contributed by atoms with van der Waals surface area (Å²) in [5, 5.41) is 13.0. The van der Waals surface area contributed by atoms with Gasteiger partial charge in [0.1, 0.15) is 0 Å². The smallest absolute Gasteiger partial charge is 0.264 e. The average Bonchev–Trinajstić information content (AvgIpc) is 3.69. The zero-order chi connectivity index (χ0) is 26.9. The number of carbonyl (C=O) groups is 3. The van der Waals surface area contributed by atoms with Crippen LogP contribution in [0, 0.1) is 0 Å². The molecule has 2 fully saturated rings. The molecule has 4 heterocycles. The Labute approximate surface area is 234 Å². The molecule has 3 N–H and O–H groups in total. The Balaban J connectivity index is 1.10. The Morgan fingerprint density at radius 3 is 2.64 bits per heavy atom. The molecule has 10 heteroatoms. The molecule has 200 valence electrons. The Bertz CT molecular complexity index is 1550. The van der Waals surface area contributed by atoms with Crippen LogP contribution in [0.3, 0.4) is 0 Å². The number of likely N-dealkylation sites (tertiary alicyclic amines) is 1. The van der Waals surface area contributed by atoms with Gasteiger partial charge in [0.2, 0.25) is 11.8 Å². The second kappa shape index (κ2) is 10.9. The van der Waals surface area contributed by atoms with Crippen molar-refractivity contribution in [1.82, 2.24) is 20.5 Å². The van der Waals surface area contributed by atoms with Gasteiger partial charge in [0.25, 0.3) is 5.91 Å². The molecule has 8 nitrogen and oxygen atoms in total. The number of anilines is 1. The first-order valence-corrected chi connectivity index (χ1v) is 14.7. The average molecular weight is 560 g/mol. The highest BCUT2D eigenvalue weighted by molar-refractivity contribution is 7.18. The first kappa shape index (κ1) is 25.7. The summed E-state index contributed by atoms with van der Waals surface area (Å²) in [4.78, 5) is 45.1. The molecule has 2 aliphatic heterocycles. The number of carbonyl (C=O) groups excluding carboxylic acids is 3. The van der Waals surface area contributed by atoms with Gasteiger partial charge in [-0.15, -0.1) is 22.7 Å². The summed E-state index contributed by atoms with van der Waals surface area (Å²) in [5.74, 6) is 0.123. The number of aromatic nitrogens is 1. The predicted molar refractivity (Wildman–Crippen MR) is 155 cm³/mol. The van der Waals surface area contributed by atoms with Crippen LogP contribution in [0.1, 0.15) is 45.9 Å². The Kier molecular flexibility index (Phi) is 7.16. The maximum atomic E-state index is 13.0. The Morgan fingerprint density at radius 2 is 1.87 bits per heavy atom. The van der Waals surface area contributed by atoms with Crippen LogP contribution in [0.4, 0.5) is 5.00 Å². The van der Waals surface area contributed by atoms with Crippen molar-refractivity contribution in [2.45, 2.75) is 38.3 Å². The van der Waals surface area contributed by atoms with Crippen molar-refractivity contribution < 1.29 is 14.4 Å². The van der Waals surface area contributed by atoms with Crippen molar-refractivity contribution in [3.05, 3.63) is 70.2 Å². The van der Waals surface area contributed by atoms with Gasteiger partial charge in [-0.05, 0) is 47.9 Å². The minimum atomic E-state index is -0.148. The zero-order valence-corrected chi connectivity index (χ0v) is 23.2. The third-order valence-corrected chi connectivity index (χ3v) is 9.47. The summed E-state index contributed by atoms with van der Waals surface area (Å²) in [6, 6.07) is 15.8. The van der Waals surface area contributed by atoms with E-state index >= 15 is 0 Å². The minimum absolute atomic E-state index is 0.00623. The van der Waals surface area contributed by atoms with E-state index < -0.39 is 0 Å². The van der Waals surface area contributed by atoms with Crippen molar-refractivity contribution >= 4 is 56.2 Å². The van der Waals surface area contributed by atoms with Crippen LogP contribution in [-0.4, -0.2) is 53.3 Å². The SMILES string of the molecule is CC(=O)NCc1ccc(-c2cnc(C3CN(C(=O)c4ccc(NC(=O)[C@@H]5CCCN5)s4)C3)s2)c2ccccc12. The van der Waals surface area contributed by atoms with Gasteiger partial charge in [-0.1, -0.05) is 36.4 Å². The molecule has 39 heavy (non-hydrogen) atoms. The zero-order valence-electron chi connectivity index (χ0n) is 21.5. The fourth-order valence-corrected chi connectivity index (χ4v) is 7.06. The van der Waals surface area contributed by atoms with Crippen molar-refractivity contribution in [3.63, 3.8) is 0 Å². The van der Waals surface area contributed by atoms with E-state index in [1.54, 1.807) is 23.5 Å². The number of hydrogen-bond donors (Lipinski definition) is 3. The molecule has 0 saturated carbocycles. The maximum absolute atomic E-state index is 13.0. The van der Waals surface area contributed by atoms with E-state index in [4.69, 9.17) is 4.98 Å². The summed E-state index contributed by atoms with van der Waals surface area (Å²) in [5.41, 5.74) is 2.20. The van der Waals surface area contributed by atoms with Crippen molar-refractivity contribution in [3.8, 4) is 10.4 Å². The monoisotopic (exact) mass is 559 g/mol. The third-order valence-electron chi connectivity index (χ3n) is 7.29. The number of thiazole rings is 1. The molecule has 1 atom stereocenters. The number of rotatable bonds is 7. The second-order valence-electron chi connectivity index (χ2n) is 10.00. The standard InChI is InChI=1S/C29H29N5O3S2/c1-17(35)31-13-18-8-9-22(21-6-3-2-5-20(18)21)25-14-32-28(39-25)19-15-34(16-19)29(37)24-10-11-26(38-24)33-27(36)23-7-4-12-30-23/h2-3,5-6,8-11,14,19,23,30H,4,7,12-13,15-16H2,1H3,(H,31,35)(H,33,36)/t23-/m0/s1. The second-order valence-corrected chi connectivity index (χ2v) is 12.1. The fraction of sp³-hybridized carbons (Fsp3) is 0.310. The molecule has 4 aromatic rings. The van der Waals surface area contributed by atoms with Gasteiger partial charge < -0.3 is 20.9 Å². The van der Waals surface area contributed by atoms with Crippen LogP contribution in [-0.2, 0) is 16.1 Å². The number of nitrogens with zero attached hydrogens (tertiary/aromatic N) is 2. The molecule has 2 aliphatic rings. The highest BCUT2D eigenvalue weighted by Crippen LogP contribution is 2.38. The Morgan fingerprint density at radius 1 is 1.05 bits per heavy atom. The van der Waals surface area contributed by atoms with E-state index in [-0.39, 0.29) is 29.7 Å². The van der Waals surface area contributed by atoms with Crippen LogP contribution in [0.2, 0.25) is 0 Å². The first-order chi connectivity index (χ1) is 19.0. The number of amides is 3. The van der Waals surface area contributed by atoms with Gasteiger partial charge in [-0.3, -0.25) is 14.4 Å². The van der Waals surface area contributed by atoms with Gasteiger partial charge in [0.05, 0.1) is 25.8 Å². The minimum Gasteiger partial charge on any atom is -0.352 e. The maximum Gasteiger partial charge on any atom is 0.264 e. The molecule has 0 spiro atoms. The van der Waals surface area contributed by atoms with E-state index in [1.165, 1.54) is 18.3 Å². The predicted octanol–water partition coefficient (Wildman–Crippen LogP) is 4.59.